The first-order valence-electron chi connectivity index (χ1n) is 5.94. The third-order valence-corrected chi connectivity index (χ3v) is 4.11. The second-order valence-corrected chi connectivity index (χ2v) is 5.34. The third-order valence-electron chi connectivity index (χ3n) is 3.03. The Balaban J connectivity index is 1.79. The summed E-state index contributed by atoms with van der Waals surface area (Å²) in [5.74, 6) is 1.20. The molecule has 1 unspecified atom stereocenters. The van der Waals surface area contributed by atoms with E-state index in [4.69, 9.17) is 9.72 Å². The summed E-state index contributed by atoms with van der Waals surface area (Å²) in [6.45, 7) is 3.76. The van der Waals surface area contributed by atoms with Crippen molar-refractivity contribution in [1.29, 1.82) is 0 Å². The molecule has 0 radical (unpaired) electrons. The standard InChI is InChI=1S/C11H17N3OS/c1-3-12-10(8-15-5-1)9-7-14-4-2-6-16-11(14)13-9/h7,10,12H,1-6,8H2. The Bertz CT molecular complexity index is 335. The van der Waals surface area contributed by atoms with Gasteiger partial charge in [-0.15, -0.1) is 0 Å². The normalized spacial score (nSPS) is 26.1. The van der Waals surface area contributed by atoms with Gasteiger partial charge in [-0.2, -0.15) is 0 Å². The molecule has 2 aliphatic heterocycles. The van der Waals surface area contributed by atoms with E-state index in [9.17, 15) is 0 Å². The molecule has 1 saturated heterocycles. The van der Waals surface area contributed by atoms with Crippen molar-refractivity contribution in [2.45, 2.75) is 30.6 Å². The van der Waals surface area contributed by atoms with Crippen molar-refractivity contribution in [3.8, 4) is 0 Å². The van der Waals surface area contributed by atoms with Crippen LogP contribution in [0, 0.1) is 0 Å². The Morgan fingerprint density at radius 1 is 1.50 bits per heavy atom. The van der Waals surface area contributed by atoms with Crippen LogP contribution in [0.3, 0.4) is 0 Å². The highest BCUT2D eigenvalue weighted by Crippen LogP contribution is 2.26. The van der Waals surface area contributed by atoms with Crippen molar-refractivity contribution in [2.24, 2.45) is 0 Å². The second-order valence-electron chi connectivity index (χ2n) is 4.28. The number of aromatic nitrogens is 2. The fourth-order valence-corrected chi connectivity index (χ4v) is 3.10. The van der Waals surface area contributed by atoms with Crippen molar-refractivity contribution < 1.29 is 4.74 Å². The zero-order chi connectivity index (χ0) is 10.8. The highest BCUT2D eigenvalue weighted by Gasteiger charge is 2.20. The van der Waals surface area contributed by atoms with Gasteiger partial charge in [-0.05, 0) is 19.4 Å². The van der Waals surface area contributed by atoms with Crippen molar-refractivity contribution in [3.63, 3.8) is 0 Å². The van der Waals surface area contributed by atoms with E-state index >= 15 is 0 Å². The van der Waals surface area contributed by atoms with Crippen LogP contribution in [0.25, 0.3) is 0 Å². The summed E-state index contributed by atoms with van der Waals surface area (Å²) < 4.78 is 7.85. The van der Waals surface area contributed by atoms with Gasteiger partial charge in [-0.1, -0.05) is 11.8 Å². The molecule has 1 aromatic heterocycles. The maximum absolute atomic E-state index is 5.57. The van der Waals surface area contributed by atoms with E-state index in [-0.39, 0.29) is 6.04 Å². The molecule has 16 heavy (non-hydrogen) atoms. The predicted molar refractivity (Wildman–Crippen MR) is 63.7 cm³/mol. The molecule has 1 fully saturated rings. The van der Waals surface area contributed by atoms with Crippen LogP contribution < -0.4 is 5.32 Å². The van der Waals surface area contributed by atoms with Gasteiger partial charge in [0.15, 0.2) is 5.16 Å². The Labute approximate surface area is 99.8 Å². The quantitative estimate of drug-likeness (QED) is 0.804. The molecule has 3 heterocycles. The average Bonchev–Trinajstić information content (AvgIpc) is 2.56. The number of ether oxygens (including phenoxy) is 1. The molecule has 4 nitrogen and oxygen atoms in total. The lowest BCUT2D eigenvalue weighted by Gasteiger charge is -2.11. The minimum absolute atomic E-state index is 0.279. The highest BCUT2D eigenvalue weighted by atomic mass is 32.2. The molecule has 0 amide bonds. The smallest absolute Gasteiger partial charge is 0.168 e. The van der Waals surface area contributed by atoms with Crippen LogP contribution in [-0.4, -0.2) is 35.1 Å². The Morgan fingerprint density at radius 2 is 2.50 bits per heavy atom. The minimum Gasteiger partial charge on any atom is -0.379 e. The summed E-state index contributed by atoms with van der Waals surface area (Å²) >= 11 is 1.86. The number of aryl methyl sites for hydroxylation is 1. The van der Waals surface area contributed by atoms with Crippen LogP contribution >= 0.6 is 11.8 Å². The van der Waals surface area contributed by atoms with Gasteiger partial charge >= 0.3 is 0 Å². The van der Waals surface area contributed by atoms with Gasteiger partial charge in [0, 0.05) is 25.1 Å². The molecule has 0 saturated carbocycles. The fraction of sp³-hybridized carbons (Fsp3) is 0.727. The lowest BCUT2D eigenvalue weighted by molar-refractivity contribution is 0.130. The van der Waals surface area contributed by atoms with Gasteiger partial charge in [0.05, 0.1) is 18.3 Å². The van der Waals surface area contributed by atoms with Gasteiger partial charge in [-0.3, -0.25) is 0 Å². The van der Waals surface area contributed by atoms with Crippen LogP contribution in [0.5, 0.6) is 0 Å². The van der Waals surface area contributed by atoms with Crippen molar-refractivity contribution >= 4 is 11.8 Å². The van der Waals surface area contributed by atoms with Crippen LogP contribution in [-0.2, 0) is 11.3 Å². The molecular weight excluding hydrogens is 222 g/mol. The molecule has 88 valence electrons. The number of nitrogens with one attached hydrogen (secondary N) is 1. The van der Waals surface area contributed by atoms with Crippen molar-refractivity contribution in [1.82, 2.24) is 14.9 Å². The lowest BCUT2D eigenvalue weighted by atomic mass is 10.2. The Hall–Kier alpha value is -0.520. The van der Waals surface area contributed by atoms with Crippen LogP contribution in [0.4, 0.5) is 0 Å². The zero-order valence-corrected chi connectivity index (χ0v) is 10.1. The SMILES string of the molecule is c1c(C2COCCCN2)nc2n1CCCS2. The van der Waals surface area contributed by atoms with E-state index in [0.29, 0.717) is 0 Å². The van der Waals surface area contributed by atoms with E-state index in [2.05, 4.69) is 16.1 Å². The van der Waals surface area contributed by atoms with Crippen LogP contribution in [0.2, 0.25) is 0 Å². The molecule has 2 aliphatic rings. The number of imidazole rings is 1. The van der Waals surface area contributed by atoms with E-state index in [0.717, 1.165) is 38.4 Å². The maximum Gasteiger partial charge on any atom is 0.168 e. The molecule has 1 atom stereocenters. The molecule has 0 spiro atoms. The molecule has 0 aromatic carbocycles. The summed E-state index contributed by atoms with van der Waals surface area (Å²) in [7, 11) is 0. The molecule has 1 aromatic rings. The molecule has 3 rings (SSSR count). The number of nitrogens with zero attached hydrogens (tertiary/aromatic N) is 2. The summed E-state index contributed by atoms with van der Waals surface area (Å²) in [5.41, 5.74) is 1.14. The lowest BCUT2D eigenvalue weighted by Crippen LogP contribution is -2.23. The number of hydrogen-bond donors (Lipinski definition) is 1. The summed E-state index contributed by atoms with van der Waals surface area (Å²) in [5, 5.41) is 4.67. The third kappa shape index (κ3) is 2.12. The first kappa shape index (κ1) is 10.6. The fourth-order valence-electron chi connectivity index (χ4n) is 2.16. The predicted octanol–water partition coefficient (Wildman–Crippen LogP) is 1.43. The Kier molecular flexibility index (Phi) is 3.17. The van der Waals surface area contributed by atoms with Gasteiger partial charge in [-0.25, -0.2) is 4.98 Å². The molecular formula is C11H17N3OS. The van der Waals surface area contributed by atoms with E-state index in [1.54, 1.807) is 0 Å². The largest absolute Gasteiger partial charge is 0.379 e. The first-order chi connectivity index (χ1) is 7.93. The summed E-state index contributed by atoms with van der Waals surface area (Å²) in [6.07, 6.45) is 4.54. The molecule has 5 heteroatoms. The summed E-state index contributed by atoms with van der Waals surface area (Å²) in [6, 6.07) is 0.279. The molecule has 0 bridgehead atoms. The van der Waals surface area contributed by atoms with E-state index < -0.39 is 0 Å². The number of rotatable bonds is 1. The van der Waals surface area contributed by atoms with Gasteiger partial charge in [0.25, 0.3) is 0 Å². The number of hydrogen-bond acceptors (Lipinski definition) is 4. The first-order valence-corrected chi connectivity index (χ1v) is 6.93. The maximum atomic E-state index is 5.57. The molecule has 1 N–H and O–H groups in total. The zero-order valence-electron chi connectivity index (χ0n) is 9.32. The molecule has 0 aliphatic carbocycles. The Morgan fingerprint density at radius 3 is 3.44 bits per heavy atom. The van der Waals surface area contributed by atoms with Gasteiger partial charge in [0.1, 0.15) is 0 Å². The van der Waals surface area contributed by atoms with Crippen molar-refractivity contribution in [3.05, 3.63) is 11.9 Å². The number of thioether (sulfide) groups is 1. The van der Waals surface area contributed by atoms with Crippen LogP contribution in [0.15, 0.2) is 11.4 Å². The van der Waals surface area contributed by atoms with E-state index in [1.165, 1.54) is 17.3 Å². The van der Waals surface area contributed by atoms with Gasteiger partial charge < -0.3 is 14.6 Å². The van der Waals surface area contributed by atoms with Gasteiger partial charge in [0.2, 0.25) is 0 Å². The topological polar surface area (TPSA) is 39.1 Å². The summed E-state index contributed by atoms with van der Waals surface area (Å²) in [4.78, 5) is 4.70. The second kappa shape index (κ2) is 4.77. The highest BCUT2D eigenvalue weighted by molar-refractivity contribution is 7.99. The minimum atomic E-state index is 0.279. The average molecular weight is 239 g/mol. The van der Waals surface area contributed by atoms with E-state index in [1.807, 2.05) is 11.8 Å². The monoisotopic (exact) mass is 239 g/mol. The number of fused-ring (bicyclic) bond motifs is 1. The van der Waals surface area contributed by atoms with Crippen molar-refractivity contribution in [2.75, 3.05) is 25.5 Å². The van der Waals surface area contributed by atoms with Crippen LogP contribution in [0.1, 0.15) is 24.6 Å².